The molecule has 0 aliphatic heterocycles. The molecular formula is C10H15N3O3S. The van der Waals surface area contributed by atoms with Gasteiger partial charge >= 0.3 is 0 Å². The molecule has 6 nitrogen and oxygen atoms in total. The first-order chi connectivity index (χ1) is 7.91. The highest BCUT2D eigenvalue weighted by molar-refractivity contribution is 7.92. The molecule has 0 saturated carbocycles. The number of nitrogens with two attached hydrogens (primary N) is 1. The van der Waals surface area contributed by atoms with Crippen LogP contribution in [0.15, 0.2) is 23.4 Å². The molecule has 0 aromatic heterocycles. The van der Waals surface area contributed by atoms with E-state index < -0.39 is 10.0 Å². The third kappa shape index (κ3) is 3.10. The van der Waals surface area contributed by atoms with Crippen LogP contribution in [0.4, 0.5) is 5.69 Å². The standard InChI is InChI=1S/C10H15N3O3S/c1-3-17(15,16)13-8-6-4-5-7(2)9(8)10(11)12-14/h4-6,13-14H,3H2,1-2H3,(H2,11,12). The minimum absolute atomic E-state index is 0.0451. The molecule has 0 heterocycles. The van der Waals surface area contributed by atoms with E-state index in [0.29, 0.717) is 11.3 Å². The number of sulfonamides is 1. The normalized spacial score (nSPS) is 12.5. The molecule has 0 unspecified atom stereocenters. The Morgan fingerprint density at radius 2 is 2.18 bits per heavy atom. The van der Waals surface area contributed by atoms with Crippen molar-refractivity contribution in [2.75, 3.05) is 10.5 Å². The van der Waals surface area contributed by atoms with Crippen LogP contribution >= 0.6 is 0 Å². The van der Waals surface area contributed by atoms with Gasteiger partial charge in [0.05, 0.1) is 11.4 Å². The highest BCUT2D eigenvalue weighted by Gasteiger charge is 2.14. The number of rotatable bonds is 4. The molecule has 0 aliphatic rings. The number of aryl methyl sites for hydroxylation is 1. The first-order valence-corrected chi connectivity index (χ1v) is 6.64. The first kappa shape index (κ1) is 13.3. The van der Waals surface area contributed by atoms with Gasteiger partial charge in [0.2, 0.25) is 10.0 Å². The molecule has 1 aromatic carbocycles. The van der Waals surface area contributed by atoms with Gasteiger partial charge in [-0.1, -0.05) is 17.3 Å². The number of hydrogen-bond acceptors (Lipinski definition) is 4. The zero-order valence-corrected chi connectivity index (χ0v) is 10.5. The fourth-order valence-electron chi connectivity index (χ4n) is 1.38. The Bertz CT molecular complexity index is 538. The molecule has 0 amide bonds. The van der Waals surface area contributed by atoms with Gasteiger partial charge in [-0.3, -0.25) is 4.72 Å². The summed E-state index contributed by atoms with van der Waals surface area (Å²) in [5.41, 5.74) is 6.93. The van der Waals surface area contributed by atoms with E-state index in [1.807, 2.05) is 0 Å². The molecule has 1 rings (SSSR count). The molecule has 0 fully saturated rings. The lowest BCUT2D eigenvalue weighted by atomic mass is 10.1. The highest BCUT2D eigenvalue weighted by Crippen LogP contribution is 2.20. The number of nitrogens with one attached hydrogen (secondary N) is 1. The summed E-state index contributed by atoms with van der Waals surface area (Å²) in [6, 6.07) is 5.00. The molecule has 0 bridgehead atoms. The van der Waals surface area contributed by atoms with E-state index in [-0.39, 0.29) is 11.6 Å². The van der Waals surface area contributed by atoms with Crippen molar-refractivity contribution < 1.29 is 13.6 Å². The molecule has 17 heavy (non-hydrogen) atoms. The van der Waals surface area contributed by atoms with Crippen molar-refractivity contribution >= 4 is 21.5 Å². The Labute approximate surface area is 100 Å². The van der Waals surface area contributed by atoms with Gasteiger partial charge in [-0.2, -0.15) is 0 Å². The van der Waals surface area contributed by atoms with Gasteiger partial charge in [-0.25, -0.2) is 8.42 Å². The maximum atomic E-state index is 11.5. The summed E-state index contributed by atoms with van der Waals surface area (Å²) >= 11 is 0. The van der Waals surface area contributed by atoms with E-state index in [4.69, 9.17) is 10.9 Å². The molecule has 0 saturated heterocycles. The summed E-state index contributed by atoms with van der Waals surface area (Å²) in [7, 11) is -3.40. The topological polar surface area (TPSA) is 105 Å². The zero-order chi connectivity index (χ0) is 13.1. The summed E-state index contributed by atoms with van der Waals surface area (Å²) in [5, 5.41) is 11.6. The summed E-state index contributed by atoms with van der Waals surface area (Å²) in [6.45, 7) is 3.28. The summed E-state index contributed by atoms with van der Waals surface area (Å²) in [4.78, 5) is 0. The van der Waals surface area contributed by atoms with Crippen molar-refractivity contribution in [1.82, 2.24) is 0 Å². The van der Waals surface area contributed by atoms with Crippen LogP contribution in [-0.4, -0.2) is 25.2 Å². The summed E-state index contributed by atoms with van der Waals surface area (Å²) < 4.78 is 25.4. The smallest absolute Gasteiger partial charge is 0.232 e. The molecule has 0 aliphatic carbocycles. The van der Waals surface area contributed by atoms with E-state index >= 15 is 0 Å². The highest BCUT2D eigenvalue weighted by atomic mass is 32.2. The van der Waals surface area contributed by atoms with Gasteiger partial charge in [-0.15, -0.1) is 0 Å². The predicted octanol–water partition coefficient (Wildman–Crippen LogP) is 0.851. The van der Waals surface area contributed by atoms with Gasteiger partial charge in [0, 0.05) is 5.56 Å². The van der Waals surface area contributed by atoms with E-state index in [9.17, 15) is 8.42 Å². The van der Waals surface area contributed by atoms with Crippen molar-refractivity contribution in [3.05, 3.63) is 29.3 Å². The van der Waals surface area contributed by atoms with Crippen LogP contribution in [0.2, 0.25) is 0 Å². The zero-order valence-electron chi connectivity index (χ0n) is 9.64. The van der Waals surface area contributed by atoms with Crippen LogP contribution in [0.3, 0.4) is 0 Å². The molecule has 0 radical (unpaired) electrons. The van der Waals surface area contributed by atoms with Crippen LogP contribution in [0, 0.1) is 6.92 Å². The van der Waals surface area contributed by atoms with Gasteiger partial charge in [0.15, 0.2) is 5.84 Å². The molecule has 4 N–H and O–H groups in total. The van der Waals surface area contributed by atoms with Crippen molar-refractivity contribution in [2.24, 2.45) is 10.9 Å². The molecule has 0 atom stereocenters. The van der Waals surface area contributed by atoms with Crippen LogP contribution in [-0.2, 0) is 10.0 Å². The van der Waals surface area contributed by atoms with Crippen molar-refractivity contribution in [2.45, 2.75) is 13.8 Å². The Hall–Kier alpha value is -1.76. The SMILES string of the molecule is CCS(=O)(=O)Nc1cccc(C)c1/C(N)=N/O. The fourth-order valence-corrected chi connectivity index (χ4v) is 2.03. The van der Waals surface area contributed by atoms with Gasteiger partial charge < -0.3 is 10.9 Å². The maximum Gasteiger partial charge on any atom is 0.232 e. The van der Waals surface area contributed by atoms with Crippen molar-refractivity contribution in [3.8, 4) is 0 Å². The number of amidine groups is 1. The molecule has 1 aromatic rings. The minimum Gasteiger partial charge on any atom is -0.409 e. The van der Waals surface area contributed by atoms with Crippen molar-refractivity contribution in [3.63, 3.8) is 0 Å². The summed E-state index contributed by atoms with van der Waals surface area (Å²) in [5.74, 6) is -0.173. The quantitative estimate of drug-likeness (QED) is 0.322. The minimum atomic E-state index is -3.40. The Morgan fingerprint density at radius 1 is 1.53 bits per heavy atom. The van der Waals surface area contributed by atoms with Gasteiger partial charge in [-0.05, 0) is 25.5 Å². The lowest BCUT2D eigenvalue weighted by Gasteiger charge is -2.12. The Kier molecular flexibility index (Phi) is 3.95. The maximum absolute atomic E-state index is 11.5. The van der Waals surface area contributed by atoms with Crippen LogP contribution in [0.5, 0.6) is 0 Å². The largest absolute Gasteiger partial charge is 0.409 e. The van der Waals surface area contributed by atoms with Gasteiger partial charge in [0.25, 0.3) is 0 Å². The lowest BCUT2D eigenvalue weighted by molar-refractivity contribution is 0.318. The average Bonchev–Trinajstić information content (AvgIpc) is 2.28. The fraction of sp³-hybridized carbons (Fsp3) is 0.300. The second-order valence-electron chi connectivity index (χ2n) is 3.49. The predicted molar refractivity (Wildman–Crippen MR) is 66.8 cm³/mol. The molecular weight excluding hydrogens is 242 g/mol. The van der Waals surface area contributed by atoms with Crippen LogP contribution in [0.25, 0.3) is 0 Å². The number of hydrogen-bond donors (Lipinski definition) is 3. The summed E-state index contributed by atoms with van der Waals surface area (Å²) in [6.07, 6.45) is 0. The second kappa shape index (κ2) is 5.05. The monoisotopic (exact) mass is 257 g/mol. The third-order valence-corrected chi connectivity index (χ3v) is 3.57. The first-order valence-electron chi connectivity index (χ1n) is 4.99. The van der Waals surface area contributed by atoms with E-state index in [1.54, 1.807) is 25.1 Å². The van der Waals surface area contributed by atoms with E-state index in [1.165, 1.54) is 6.92 Å². The van der Waals surface area contributed by atoms with Gasteiger partial charge in [0.1, 0.15) is 0 Å². The van der Waals surface area contributed by atoms with Crippen LogP contribution < -0.4 is 10.5 Å². The molecule has 94 valence electrons. The lowest BCUT2D eigenvalue weighted by Crippen LogP contribution is -2.21. The number of nitrogens with zero attached hydrogens (tertiary/aromatic N) is 1. The van der Waals surface area contributed by atoms with Crippen molar-refractivity contribution in [1.29, 1.82) is 0 Å². The molecule has 0 spiro atoms. The van der Waals surface area contributed by atoms with Crippen LogP contribution in [0.1, 0.15) is 18.1 Å². The second-order valence-corrected chi connectivity index (χ2v) is 5.50. The van der Waals surface area contributed by atoms with E-state index in [0.717, 1.165) is 5.56 Å². The average molecular weight is 257 g/mol. The molecule has 7 heteroatoms. The third-order valence-electron chi connectivity index (χ3n) is 2.28. The number of benzene rings is 1. The number of oxime groups is 1. The Morgan fingerprint density at radius 3 is 2.71 bits per heavy atom. The Balaban J connectivity index is 3.30. The van der Waals surface area contributed by atoms with E-state index in [2.05, 4.69) is 9.88 Å². The number of anilines is 1.